The van der Waals surface area contributed by atoms with Crippen LogP contribution in [0.4, 0.5) is 4.39 Å². The van der Waals surface area contributed by atoms with E-state index < -0.39 is 6.17 Å². The molecule has 1 aliphatic rings. The number of aromatic nitrogens is 4. The van der Waals surface area contributed by atoms with Crippen molar-refractivity contribution in [3.05, 3.63) is 65.1 Å². The van der Waals surface area contributed by atoms with Crippen molar-refractivity contribution in [2.75, 3.05) is 0 Å². The first-order valence-electron chi connectivity index (χ1n) is 9.12. The fourth-order valence-corrected chi connectivity index (χ4v) is 3.65. The number of fused-ring (bicyclic) bond motifs is 1. The second-order valence-corrected chi connectivity index (χ2v) is 7.21. The lowest BCUT2D eigenvalue weighted by atomic mass is 9.96. The Bertz CT molecular complexity index is 1110. The van der Waals surface area contributed by atoms with Crippen molar-refractivity contribution in [2.24, 2.45) is 0 Å². The van der Waals surface area contributed by atoms with Gasteiger partial charge in [0, 0.05) is 35.0 Å². The van der Waals surface area contributed by atoms with Gasteiger partial charge in [0.25, 0.3) is 0 Å². The third-order valence-electron chi connectivity index (χ3n) is 5.17. The van der Waals surface area contributed by atoms with E-state index >= 15 is 4.39 Å². The molecule has 27 heavy (non-hydrogen) atoms. The van der Waals surface area contributed by atoms with Gasteiger partial charge in [-0.3, -0.25) is 4.98 Å². The van der Waals surface area contributed by atoms with E-state index in [0.29, 0.717) is 22.6 Å². The Morgan fingerprint density at radius 1 is 1.26 bits per heavy atom. The Morgan fingerprint density at radius 3 is 2.78 bits per heavy atom. The van der Waals surface area contributed by atoms with Gasteiger partial charge in [-0.15, -0.1) is 0 Å². The van der Waals surface area contributed by atoms with E-state index in [2.05, 4.69) is 15.1 Å². The molecule has 3 heterocycles. The minimum atomic E-state index is -1.31. The molecule has 6 heteroatoms. The smallest absolute Gasteiger partial charge is 0.154 e. The molecule has 0 spiro atoms. The number of H-pyrrole nitrogens is 1. The number of nitrogens with zero attached hydrogens (tertiary/aromatic N) is 3. The highest BCUT2D eigenvalue weighted by Crippen LogP contribution is 2.42. The first-order chi connectivity index (χ1) is 13.1. The molecule has 0 radical (unpaired) electrons. The van der Waals surface area contributed by atoms with E-state index in [9.17, 15) is 0 Å². The van der Waals surface area contributed by atoms with Crippen LogP contribution in [-0.4, -0.2) is 20.1 Å². The summed E-state index contributed by atoms with van der Waals surface area (Å²) in [6, 6.07) is 7.38. The van der Waals surface area contributed by atoms with E-state index in [0.717, 1.165) is 46.8 Å². The molecule has 5 nitrogen and oxygen atoms in total. The predicted octanol–water partition coefficient (Wildman–Crippen LogP) is 5.17. The van der Waals surface area contributed by atoms with Gasteiger partial charge >= 0.3 is 0 Å². The maximum atomic E-state index is 15.5. The number of aryl methyl sites for hydroxylation is 2. The average molecular weight is 362 g/mol. The zero-order chi connectivity index (χ0) is 18.5. The van der Waals surface area contributed by atoms with Crippen LogP contribution < -0.4 is 0 Å². The van der Waals surface area contributed by atoms with Crippen molar-refractivity contribution in [2.45, 2.75) is 38.8 Å². The lowest BCUT2D eigenvalue weighted by Gasteiger charge is -2.11. The number of hydrogen-bond acceptors (Lipinski definition) is 4. The average Bonchev–Trinajstić information content (AvgIpc) is 3.36. The van der Waals surface area contributed by atoms with Crippen LogP contribution in [-0.2, 0) is 0 Å². The van der Waals surface area contributed by atoms with Crippen LogP contribution in [0.25, 0.3) is 22.2 Å². The third kappa shape index (κ3) is 2.72. The number of imidazole rings is 1. The van der Waals surface area contributed by atoms with Gasteiger partial charge in [0.2, 0.25) is 0 Å². The summed E-state index contributed by atoms with van der Waals surface area (Å²) >= 11 is 0. The van der Waals surface area contributed by atoms with Crippen molar-refractivity contribution >= 4 is 11.0 Å². The van der Waals surface area contributed by atoms with Crippen LogP contribution in [0, 0.1) is 13.8 Å². The maximum Gasteiger partial charge on any atom is 0.154 e. The molecule has 1 saturated carbocycles. The van der Waals surface area contributed by atoms with E-state index in [-0.39, 0.29) is 0 Å². The summed E-state index contributed by atoms with van der Waals surface area (Å²) in [5.74, 6) is 2.13. The van der Waals surface area contributed by atoms with E-state index in [4.69, 9.17) is 9.51 Å². The Balaban J connectivity index is 1.74. The molecule has 3 aromatic heterocycles. The fraction of sp³-hybridized carbons (Fsp3) is 0.286. The van der Waals surface area contributed by atoms with E-state index in [1.54, 1.807) is 24.5 Å². The number of hydrogen-bond donors (Lipinski definition) is 1. The summed E-state index contributed by atoms with van der Waals surface area (Å²) in [6.45, 7) is 3.77. The molecule has 0 aliphatic heterocycles. The van der Waals surface area contributed by atoms with Crippen LogP contribution >= 0.6 is 0 Å². The van der Waals surface area contributed by atoms with Gasteiger partial charge < -0.3 is 9.51 Å². The van der Waals surface area contributed by atoms with Gasteiger partial charge in [-0.05, 0) is 50.5 Å². The largest absolute Gasteiger partial charge is 0.361 e. The standard InChI is InChI=1S/C21H19FN4O/c1-11-18(12(2)27-26-11)15-8-16(19(22)14-4-3-7-23-10-14)20-17(9-15)24-21(25-20)13-5-6-13/h3-4,7-10,13,19H,5-6H2,1-2H3,(H,24,25). The van der Waals surface area contributed by atoms with Gasteiger partial charge in [0.1, 0.15) is 11.6 Å². The van der Waals surface area contributed by atoms with Crippen LogP contribution in [0.3, 0.4) is 0 Å². The number of benzene rings is 1. The highest BCUT2D eigenvalue weighted by Gasteiger charge is 2.29. The molecule has 1 unspecified atom stereocenters. The number of alkyl halides is 1. The third-order valence-corrected chi connectivity index (χ3v) is 5.17. The SMILES string of the molecule is Cc1noc(C)c1-c1cc(C(F)c2cccnc2)c2nc(C3CC3)[nH]c2c1. The molecule has 0 amide bonds. The molecule has 5 rings (SSSR count). The lowest BCUT2D eigenvalue weighted by Crippen LogP contribution is -1.98. The number of nitrogens with one attached hydrogen (secondary N) is 1. The van der Waals surface area contributed by atoms with Crippen molar-refractivity contribution in [1.82, 2.24) is 20.1 Å². The molecule has 1 aliphatic carbocycles. The Labute approximate surface area is 155 Å². The Morgan fingerprint density at radius 2 is 2.11 bits per heavy atom. The van der Waals surface area contributed by atoms with Gasteiger partial charge in [0.05, 0.1) is 16.7 Å². The first-order valence-corrected chi connectivity index (χ1v) is 9.12. The summed E-state index contributed by atoms with van der Waals surface area (Å²) in [5, 5.41) is 4.04. The number of pyridine rings is 1. The van der Waals surface area contributed by atoms with Crippen LogP contribution in [0.5, 0.6) is 0 Å². The van der Waals surface area contributed by atoms with Gasteiger partial charge in [-0.2, -0.15) is 0 Å². The summed E-state index contributed by atoms with van der Waals surface area (Å²) in [6.07, 6.45) is 4.16. The maximum absolute atomic E-state index is 15.5. The molecule has 0 saturated heterocycles. The molecule has 1 aromatic carbocycles. The lowest BCUT2D eigenvalue weighted by molar-refractivity contribution is 0.393. The molecular weight excluding hydrogens is 343 g/mol. The number of rotatable bonds is 4. The first kappa shape index (κ1) is 16.2. The second kappa shape index (κ2) is 6.01. The molecule has 136 valence electrons. The molecule has 4 aromatic rings. The summed E-state index contributed by atoms with van der Waals surface area (Å²) in [7, 11) is 0. The van der Waals surface area contributed by atoms with Gasteiger partial charge in [-0.25, -0.2) is 9.37 Å². The molecule has 0 bridgehead atoms. The van der Waals surface area contributed by atoms with Gasteiger partial charge in [0.15, 0.2) is 6.17 Å². The van der Waals surface area contributed by atoms with Crippen LogP contribution in [0.15, 0.2) is 41.2 Å². The summed E-state index contributed by atoms with van der Waals surface area (Å²) in [4.78, 5) is 12.2. The zero-order valence-electron chi connectivity index (χ0n) is 15.2. The Kier molecular flexibility index (Phi) is 3.60. The molecular formula is C21H19FN4O. The fourth-order valence-electron chi connectivity index (χ4n) is 3.65. The highest BCUT2D eigenvalue weighted by atomic mass is 19.1. The molecule has 1 N–H and O–H groups in total. The van der Waals surface area contributed by atoms with Crippen LogP contribution in [0.1, 0.15) is 53.3 Å². The minimum Gasteiger partial charge on any atom is -0.361 e. The molecule has 1 fully saturated rings. The quantitative estimate of drug-likeness (QED) is 0.544. The van der Waals surface area contributed by atoms with E-state index in [1.165, 1.54) is 0 Å². The van der Waals surface area contributed by atoms with Crippen molar-refractivity contribution < 1.29 is 8.91 Å². The van der Waals surface area contributed by atoms with Crippen molar-refractivity contribution in [3.63, 3.8) is 0 Å². The topological polar surface area (TPSA) is 67.6 Å². The predicted molar refractivity (Wildman–Crippen MR) is 100 cm³/mol. The second-order valence-electron chi connectivity index (χ2n) is 7.21. The minimum absolute atomic E-state index is 0.462. The normalized spacial score (nSPS) is 15.4. The number of aromatic amines is 1. The summed E-state index contributed by atoms with van der Waals surface area (Å²) in [5.41, 5.74) is 5.16. The monoisotopic (exact) mass is 362 g/mol. The number of halogens is 1. The van der Waals surface area contributed by atoms with Crippen LogP contribution in [0.2, 0.25) is 0 Å². The summed E-state index contributed by atoms with van der Waals surface area (Å²) < 4.78 is 20.8. The highest BCUT2D eigenvalue weighted by molar-refractivity contribution is 5.87. The van der Waals surface area contributed by atoms with E-state index in [1.807, 2.05) is 26.0 Å². The Hall–Kier alpha value is -3.02. The molecule has 1 atom stereocenters. The zero-order valence-corrected chi connectivity index (χ0v) is 15.2. The van der Waals surface area contributed by atoms with Crippen molar-refractivity contribution in [3.8, 4) is 11.1 Å². The van der Waals surface area contributed by atoms with Gasteiger partial charge in [-0.1, -0.05) is 11.2 Å². The van der Waals surface area contributed by atoms with Crippen molar-refractivity contribution in [1.29, 1.82) is 0 Å².